The summed E-state index contributed by atoms with van der Waals surface area (Å²) in [6.07, 6.45) is 1.01. The number of halogens is 1. The van der Waals surface area contributed by atoms with Gasteiger partial charge in [-0.1, -0.05) is 0 Å². The van der Waals surface area contributed by atoms with E-state index in [0.29, 0.717) is 12.8 Å². The van der Waals surface area contributed by atoms with Gasteiger partial charge in [0, 0.05) is 12.1 Å². The molecule has 1 unspecified atom stereocenters. The monoisotopic (exact) mass is 132 g/mol. The van der Waals surface area contributed by atoms with E-state index in [1.54, 1.807) is 0 Å². The first-order valence-corrected chi connectivity index (χ1v) is 3.33. The predicted molar refractivity (Wildman–Crippen MR) is 34.7 cm³/mol. The Kier molecular flexibility index (Phi) is 2.03. The van der Waals surface area contributed by atoms with E-state index in [-0.39, 0.29) is 12.1 Å². The van der Waals surface area contributed by atoms with E-state index in [0.717, 1.165) is 6.42 Å². The van der Waals surface area contributed by atoms with Gasteiger partial charge in [0.25, 0.3) is 0 Å². The standard InChI is InChI=1S/C6H13FN2/c7-4-1-5(8)3-6(9)2-4/h4-6H,1-3,8-9H2/t4?,5-,6+. The van der Waals surface area contributed by atoms with E-state index >= 15 is 0 Å². The molecule has 54 valence electrons. The highest BCUT2D eigenvalue weighted by molar-refractivity contribution is 4.82. The van der Waals surface area contributed by atoms with E-state index in [2.05, 4.69) is 0 Å². The van der Waals surface area contributed by atoms with Crippen molar-refractivity contribution in [3.63, 3.8) is 0 Å². The Morgan fingerprint density at radius 1 is 1.00 bits per heavy atom. The van der Waals surface area contributed by atoms with E-state index in [4.69, 9.17) is 11.5 Å². The van der Waals surface area contributed by atoms with Gasteiger partial charge in [-0.3, -0.25) is 0 Å². The van der Waals surface area contributed by atoms with Crippen LogP contribution in [0.25, 0.3) is 0 Å². The molecule has 0 aromatic carbocycles. The second-order valence-electron chi connectivity index (χ2n) is 2.82. The van der Waals surface area contributed by atoms with Gasteiger partial charge in [0.05, 0.1) is 0 Å². The van der Waals surface area contributed by atoms with Crippen molar-refractivity contribution in [2.75, 3.05) is 0 Å². The molecule has 1 aliphatic rings. The average Bonchev–Trinajstić information content (AvgIpc) is 1.59. The van der Waals surface area contributed by atoms with E-state index in [1.807, 2.05) is 0 Å². The van der Waals surface area contributed by atoms with Crippen LogP contribution in [0.4, 0.5) is 4.39 Å². The van der Waals surface area contributed by atoms with Crippen LogP contribution in [0.15, 0.2) is 0 Å². The lowest BCUT2D eigenvalue weighted by atomic mass is 9.91. The van der Waals surface area contributed by atoms with Crippen molar-refractivity contribution < 1.29 is 4.39 Å². The summed E-state index contributed by atoms with van der Waals surface area (Å²) in [6.45, 7) is 0. The van der Waals surface area contributed by atoms with E-state index in [9.17, 15) is 4.39 Å². The van der Waals surface area contributed by atoms with E-state index < -0.39 is 6.17 Å². The van der Waals surface area contributed by atoms with Crippen LogP contribution in [0.1, 0.15) is 19.3 Å². The third kappa shape index (κ3) is 1.91. The minimum atomic E-state index is -0.760. The van der Waals surface area contributed by atoms with Crippen LogP contribution in [-0.2, 0) is 0 Å². The lowest BCUT2D eigenvalue weighted by molar-refractivity contribution is 0.214. The van der Waals surface area contributed by atoms with Gasteiger partial charge in [-0.2, -0.15) is 0 Å². The molecule has 3 atom stereocenters. The minimum Gasteiger partial charge on any atom is -0.328 e. The Labute approximate surface area is 54.4 Å². The van der Waals surface area contributed by atoms with Crippen molar-refractivity contribution in [3.05, 3.63) is 0 Å². The average molecular weight is 132 g/mol. The molecule has 0 aromatic rings. The molecule has 0 heterocycles. The van der Waals surface area contributed by atoms with Crippen LogP contribution in [0.3, 0.4) is 0 Å². The van der Waals surface area contributed by atoms with Gasteiger partial charge in [-0.25, -0.2) is 4.39 Å². The zero-order valence-electron chi connectivity index (χ0n) is 5.39. The fourth-order valence-corrected chi connectivity index (χ4v) is 1.33. The van der Waals surface area contributed by atoms with Crippen LogP contribution in [0.2, 0.25) is 0 Å². The van der Waals surface area contributed by atoms with Crippen LogP contribution < -0.4 is 11.5 Å². The highest BCUT2D eigenvalue weighted by Crippen LogP contribution is 2.18. The molecular formula is C6H13FN2. The first-order chi connectivity index (χ1) is 4.18. The molecule has 4 N–H and O–H groups in total. The summed E-state index contributed by atoms with van der Waals surface area (Å²) in [5.74, 6) is 0. The summed E-state index contributed by atoms with van der Waals surface area (Å²) < 4.78 is 12.5. The molecule has 9 heavy (non-hydrogen) atoms. The van der Waals surface area contributed by atoms with Gasteiger partial charge >= 0.3 is 0 Å². The fraction of sp³-hybridized carbons (Fsp3) is 1.00. The summed E-state index contributed by atoms with van der Waals surface area (Å²) in [5, 5.41) is 0. The lowest BCUT2D eigenvalue weighted by Crippen LogP contribution is -2.40. The maximum Gasteiger partial charge on any atom is 0.103 e. The molecule has 3 heteroatoms. The van der Waals surface area contributed by atoms with Gasteiger partial charge in [0.15, 0.2) is 0 Å². The fourth-order valence-electron chi connectivity index (χ4n) is 1.33. The maximum absolute atomic E-state index is 12.5. The summed E-state index contributed by atoms with van der Waals surface area (Å²) in [5.41, 5.74) is 11.0. The first kappa shape index (κ1) is 6.96. The van der Waals surface area contributed by atoms with Gasteiger partial charge in [-0.05, 0) is 19.3 Å². The highest BCUT2D eigenvalue weighted by Gasteiger charge is 2.23. The van der Waals surface area contributed by atoms with Crippen LogP contribution >= 0.6 is 0 Å². The Balaban J connectivity index is 2.34. The van der Waals surface area contributed by atoms with Crippen LogP contribution in [-0.4, -0.2) is 18.3 Å². The number of nitrogens with two attached hydrogens (primary N) is 2. The van der Waals surface area contributed by atoms with Crippen molar-refractivity contribution >= 4 is 0 Å². The number of hydrogen-bond acceptors (Lipinski definition) is 2. The van der Waals surface area contributed by atoms with Crippen molar-refractivity contribution in [1.29, 1.82) is 0 Å². The summed E-state index contributed by atoms with van der Waals surface area (Å²) in [4.78, 5) is 0. The zero-order valence-corrected chi connectivity index (χ0v) is 5.39. The van der Waals surface area contributed by atoms with Gasteiger partial charge in [0.2, 0.25) is 0 Å². The van der Waals surface area contributed by atoms with E-state index in [1.165, 1.54) is 0 Å². The second-order valence-corrected chi connectivity index (χ2v) is 2.82. The van der Waals surface area contributed by atoms with Crippen molar-refractivity contribution in [2.24, 2.45) is 11.5 Å². The summed E-state index contributed by atoms with van der Waals surface area (Å²) in [7, 11) is 0. The molecule has 0 saturated heterocycles. The normalized spacial score (nSPS) is 45.0. The molecule has 0 bridgehead atoms. The third-order valence-corrected chi connectivity index (χ3v) is 1.72. The molecule has 1 saturated carbocycles. The molecule has 1 fully saturated rings. The number of rotatable bonds is 0. The Hall–Kier alpha value is -0.150. The van der Waals surface area contributed by atoms with Crippen molar-refractivity contribution in [1.82, 2.24) is 0 Å². The number of alkyl halides is 1. The second kappa shape index (κ2) is 2.62. The molecule has 0 aliphatic heterocycles. The number of hydrogen-bond donors (Lipinski definition) is 2. The first-order valence-electron chi connectivity index (χ1n) is 3.33. The van der Waals surface area contributed by atoms with Crippen LogP contribution in [0, 0.1) is 0 Å². The summed E-state index contributed by atoms with van der Waals surface area (Å²) >= 11 is 0. The van der Waals surface area contributed by atoms with Gasteiger partial charge in [0.1, 0.15) is 6.17 Å². The quantitative estimate of drug-likeness (QED) is 0.493. The Bertz CT molecular complexity index is 72.0. The van der Waals surface area contributed by atoms with Crippen LogP contribution in [0.5, 0.6) is 0 Å². The molecule has 1 rings (SSSR count). The predicted octanol–water partition coefficient (Wildman–Crippen LogP) is 0.163. The van der Waals surface area contributed by atoms with Gasteiger partial charge < -0.3 is 11.5 Å². The smallest absolute Gasteiger partial charge is 0.103 e. The lowest BCUT2D eigenvalue weighted by Gasteiger charge is -2.25. The molecule has 0 radical (unpaired) electrons. The highest BCUT2D eigenvalue weighted by atomic mass is 19.1. The topological polar surface area (TPSA) is 52.0 Å². The largest absolute Gasteiger partial charge is 0.328 e. The summed E-state index contributed by atoms with van der Waals surface area (Å²) in [6, 6.07) is -0.0208. The Morgan fingerprint density at radius 2 is 1.44 bits per heavy atom. The molecule has 0 amide bonds. The molecular weight excluding hydrogens is 119 g/mol. The van der Waals surface area contributed by atoms with Gasteiger partial charge in [-0.15, -0.1) is 0 Å². The maximum atomic E-state index is 12.5. The third-order valence-electron chi connectivity index (χ3n) is 1.72. The molecule has 0 spiro atoms. The van der Waals surface area contributed by atoms with Crippen molar-refractivity contribution in [2.45, 2.75) is 37.5 Å². The Morgan fingerprint density at radius 3 is 1.78 bits per heavy atom. The molecule has 2 nitrogen and oxygen atoms in total. The zero-order chi connectivity index (χ0) is 6.85. The molecule has 1 aliphatic carbocycles. The SMILES string of the molecule is N[C@@H]1CC(F)C[C@H](N)C1. The molecule has 0 aromatic heterocycles. The van der Waals surface area contributed by atoms with Crippen molar-refractivity contribution in [3.8, 4) is 0 Å². The minimum absolute atomic E-state index is 0.0104.